The molecule has 0 aliphatic rings. The number of carbonyl (C=O) groups excluding carboxylic acids is 2. The van der Waals surface area contributed by atoms with Crippen molar-refractivity contribution in [3.05, 3.63) is 0 Å². The molecule has 2 unspecified atom stereocenters. The van der Waals surface area contributed by atoms with E-state index in [-0.39, 0.29) is 12.8 Å². The van der Waals surface area contributed by atoms with Gasteiger partial charge in [-0.1, -0.05) is 0 Å². The molecule has 8 heteroatoms. The van der Waals surface area contributed by atoms with Gasteiger partial charge < -0.3 is 9.47 Å². The smallest absolute Gasteiger partial charge is 0.309 e. The molecule has 0 N–H and O–H groups in total. The fraction of sp³-hybridized carbons (Fsp3) is 0.667. The number of methoxy groups -OCH3 is 2. The Hall–Kier alpha value is -2.48. The topological polar surface area (TPSA) is 125 Å². The molecule has 0 radical (unpaired) electrons. The van der Waals surface area contributed by atoms with Crippen molar-refractivity contribution in [1.29, 1.82) is 10.5 Å². The zero-order valence-corrected chi connectivity index (χ0v) is 11.8. The van der Waals surface area contributed by atoms with Crippen LogP contribution in [0.2, 0.25) is 0 Å². The minimum absolute atomic E-state index is 0.302. The molecule has 108 valence electrons. The average Bonchev–Trinajstić information content (AvgIpc) is 2.45. The largest absolute Gasteiger partial charge is 0.469 e. The van der Waals surface area contributed by atoms with Gasteiger partial charge in [0.05, 0.1) is 39.2 Å². The van der Waals surface area contributed by atoms with E-state index in [2.05, 4.69) is 19.7 Å². The third kappa shape index (κ3) is 5.44. The Balaban J connectivity index is 5.12. The summed E-state index contributed by atoms with van der Waals surface area (Å²) in [7, 11) is 2.38. The van der Waals surface area contributed by atoms with E-state index in [0.717, 1.165) is 0 Å². The molecule has 0 saturated heterocycles. The fourth-order valence-corrected chi connectivity index (χ4v) is 1.12. The lowest BCUT2D eigenvalue weighted by molar-refractivity contribution is -0.142. The number of carbonyl (C=O) groups is 2. The Kier molecular flexibility index (Phi) is 6.30. The van der Waals surface area contributed by atoms with Crippen molar-refractivity contribution in [3.63, 3.8) is 0 Å². The van der Waals surface area contributed by atoms with Crippen LogP contribution in [0.15, 0.2) is 10.2 Å². The maximum atomic E-state index is 11.2. The first-order valence-electron chi connectivity index (χ1n) is 5.64. The predicted molar refractivity (Wildman–Crippen MR) is 66.2 cm³/mol. The van der Waals surface area contributed by atoms with Gasteiger partial charge in [-0.15, -0.1) is 0 Å². The first-order valence-corrected chi connectivity index (χ1v) is 5.64. The van der Waals surface area contributed by atoms with E-state index >= 15 is 0 Å². The van der Waals surface area contributed by atoms with Gasteiger partial charge in [0.2, 0.25) is 0 Å². The van der Waals surface area contributed by atoms with Crippen LogP contribution < -0.4 is 0 Å². The highest BCUT2D eigenvalue weighted by Crippen LogP contribution is 2.21. The molecule has 0 amide bonds. The van der Waals surface area contributed by atoms with Crippen molar-refractivity contribution in [2.24, 2.45) is 10.2 Å². The van der Waals surface area contributed by atoms with Gasteiger partial charge >= 0.3 is 11.9 Å². The number of hydrogen-bond donors (Lipinski definition) is 0. The van der Waals surface area contributed by atoms with Crippen LogP contribution in [-0.2, 0) is 19.1 Å². The van der Waals surface area contributed by atoms with E-state index in [9.17, 15) is 9.59 Å². The molecule has 8 nitrogen and oxygen atoms in total. The summed E-state index contributed by atoms with van der Waals surface area (Å²) < 4.78 is 8.91. The van der Waals surface area contributed by atoms with Crippen LogP contribution in [0.3, 0.4) is 0 Å². The van der Waals surface area contributed by atoms with E-state index in [0.29, 0.717) is 0 Å². The van der Waals surface area contributed by atoms with Crippen LogP contribution in [0.4, 0.5) is 0 Å². The summed E-state index contributed by atoms with van der Waals surface area (Å²) >= 11 is 0. The van der Waals surface area contributed by atoms with E-state index in [4.69, 9.17) is 10.5 Å². The van der Waals surface area contributed by atoms with Gasteiger partial charge in [-0.25, -0.2) is 0 Å². The number of rotatable bonds is 6. The summed E-state index contributed by atoms with van der Waals surface area (Å²) in [6.07, 6.45) is -0.605. The zero-order chi connectivity index (χ0) is 15.8. The van der Waals surface area contributed by atoms with Crippen LogP contribution in [0.1, 0.15) is 26.7 Å². The molecule has 0 aliphatic heterocycles. The Morgan fingerprint density at radius 1 is 0.950 bits per heavy atom. The second kappa shape index (κ2) is 7.19. The second-order valence-corrected chi connectivity index (χ2v) is 4.48. The van der Waals surface area contributed by atoms with Gasteiger partial charge in [-0.2, -0.15) is 20.8 Å². The molecule has 0 spiro atoms. The molecule has 2 atom stereocenters. The SMILES string of the molecule is COC(=O)CC(C)(C#N)/N=N/C(C)(C#N)CC(=O)OC. The van der Waals surface area contributed by atoms with E-state index in [1.807, 2.05) is 12.1 Å². The number of azo groups is 1. The van der Waals surface area contributed by atoms with E-state index in [1.54, 1.807) is 0 Å². The fourth-order valence-electron chi connectivity index (χ4n) is 1.12. The quantitative estimate of drug-likeness (QED) is 0.530. The number of ether oxygens (including phenoxy) is 2. The molecule has 0 aliphatic carbocycles. The molecule has 0 aromatic carbocycles. The lowest BCUT2D eigenvalue weighted by atomic mass is 10.00. The Morgan fingerprint density at radius 2 is 1.25 bits per heavy atom. The highest BCUT2D eigenvalue weighted by Gasteiger charge is 2.32. The van der Waals surface area contributed by atoms with Crippen LogP contribution in [-0.4, -0.2) is 37.2 Å². The van der Waals surface area contributed by atoms with Gasteiger partial charge in [0, 0.05) is 0 Å². The van der Waals surface area contributed by atoms with Crippen LogP contribution in [0.25, 0.3) is 0 Å². The maximum absolute atomic E-state index is 11.2. The Morgan fingerprint density at radius 3 is 1.45 bits per heavy atom. The van der Waals surface area contributed by atoms with Gasteiger partial charge in [0.25, 0.3) is 0 Å². The molecular formula is C12H16N4O4. The molecule has 0 bridgehead atoms. The van der Waals surface area contributed by atoms with Crippen molar-refractivity contribution in [2.45, 2.75) is 37.8 Å². The highest BCUT2D eigenvalue weighted by molar-refractivity contribution is 5.72. The minimum atomic E-state index is -1.46. The van der Waals surface area contributed by atoms with Crippen LogP contribution >= 0.6 is 0 Å². The standard InChI is InChI=1S/C12H16N4O4/c1-11(7-13,5-9(17)19-3)15-16-12(2,8-14)6-10(18)20-4/h5-6H2,1-4H3/b16-15+. The molecule has 0 rings (SSSR count). The summed E-state index contributed by atoms with van der Waals surface area (Å²) in [5.41, 5.74) is -2.91. The van der Waals surface area contributed by atoms with E-state index in [1.165, 1.54) is 28.1 Å². The van der Waals surface area contributed by atoms with Gasteiger partial charge in [0.1, 0.15) is 0 Å². The molecule has 0 fully saturated rings. The summed E-state index contributed by atoms with van der Waals surface area (Å²) in [4.78, 5) is 22.4. The Bertz CT molecular complexity index is 447. The summed E-state index contributed by atoms with van der Waals surface area (Å²) in [5.74, 6) is -1.25. The lowest BCUT2D eigenvalue weighted by Crippen LogP contribution is -2.28. The lowest BCUT2D eigenvalue weighted by Gasteiger charge is -2.17. The molecule has 0 aromatic heterocycles. The van der Waals surface area contributed by atoms with Gasteiger partial charge in [-0.3, -0.25) is 9.59 Å². The van der Waals surface area contributed by atoms with Crippen molar-refractivity contribution < 1.29 is 19.1 Å². The molecule has 0 heterocycles. The van der Waals surface area contributed by atoms with Gasteiger partial charge in [0.15, 0.2) is 11.1 Å². The molecule has 0 aromatic rings. The van der Waals surface area contributed by atoms with E-state index < -0.39 is 23.0 Å². The number of esters is 2. The minimum Gasteiger partial charge on any atom is -0.469 e. The normalized spacial score (nSPS) is 16.3. The first-order chi connectivity index (χ1) is 9.24. The number of nitrogens with zero attached hydrogens (tertiary/aromatic N) is 4. The third-order valence-electron chi connectivity index (χ3n) is 2.41. The maximum Gasteiger partial charge on any atom is 0.309 e. The summed E-state index contributed by atoms with van der Waals surface area (Å²) in [6, 6.07) is 3.64. The molecule has 20 heavy (non-hydrogen) atoms. The van der Waals surface area contributed by atoms with Crippen LogP contribution in [0, 0.1) is 22.7 Å². The third-order valence-corrected chi connectivity index (χ3v) is 2.41. The molecule has 0 saturated carbocycles. The van der Waals surface area contributed by atoms with Crippen LogP contribution in [0.5, 0.6) is 0 Å². The zero-order valence-electron chi connectivity index (χ0n) is 11.8. The Labute approximate surface area is 117 Å². The average molecular weight is 280 g/mol. The second-order valence-electron chi connectivity index (χ2n) is 4.48. The molecular weight excluding hydrogens is 264 g/mol. The van der Waals surface area contributed by atoms with Crippen molar-refractivity contribution >= 4 is 11.9 Å². The van der Waals surface area contributed by atoms with Gasteiger partial charge in [-0.05, 0) is 13.8 Å². The monoisotopic (exact) mass is 280 g/mol. The van der Waals surface area contributed by atoms with Crippen molar-refractivity contribution in [3.8, 4) is 12.1 Å². The predicted octanol–water partition coefficient (Wildman–Crippen LogP) is 1.13. The summed E-state index contributed by atoms with van der Waals surface area (Å²) in [5, 5.41) is 25.5. The van der Waals surface area contributed by atoms with Crippen molar-refractivity contribution in [1.82, 2.24) is 0 Å². The first kappa shape index (κ1) is 17.5. The van der Waals surface area contributed by atoms with Crippen molar-refractivity contribution in [2.75, 3.05) is 14.2 Å². The summed E-state index contributed by atoms with van der Waals surface area (Å²) in [6.45, 7) is 2.76. The highest BCUT2D eigenvalue weighted by atomic mass is 16.5. The number of nitriles is 2. The number of hydrogen-bond acceptors (Lipinski definition) is 8.